The maximum Gasteiger partial charge on any atom is 0.313 e. The van der Waals surface area contributed by atoms with Gasteiger partial charge in [0.15, 0.2) is 0 Å². The second-order valence-corrected chi connectivity index (χ2v) is 5.30. The Labute approximate surface area is 111 Å². The van der Waals surface area contributed by atoms with E-state index in [4.69, 9.17) is 5.11 Å². The fourth-order valence-corrected chi connectivity index (χ4v) is 3.11. The minimum absolute atomic E-state index is 0.139. The number of carbonyl (C=O) groups is 1. The average Bonchev–Trinajstić information content (AvgIpc) is 2.41. The van der Waals surface area contributed by atoms with Crippen LogP contribution in [0, 0.1) is 0 Å². The molecule has 0 aromatic heterocycles. The fraction of sp³-hybridized carbons (Fsp3) is 0.267. The van der Waals surface area contributed by atoms with Crippen LogP contribution >= 0.6 is 11.8 Å². The number of carboxylic acids is 1. The van der Waals surface area contributed by atoms with E-state index in [1.807, 2.05) is 18.2 Å². The zero-order valence-corrected chi connectivity index (χ0v) is 10.9. The van der Waals surface area contributed by atoms with Crippen molar-refractivity contribution in [1.29, 1.82) is 0 Å². The van der Waals surface area contributed by atoms with Crippen LogP contribution in [0.1, 0.15) is 23.7 Å². The summed E-state index contributed by atoms with van der Waals surface area (Å²) in [6, 6.07) is 10.1. The van der Waals surface area contributed by atoms with E-state index in [1.54, 1.807) is 0 Å². The lowest BCUT2D eigenvalue weighted by molar-refractivity contribution is -0.133. The molecule has 0 spiro atoms. The minimum Gasteiger partial charge on any atom is -0.481 e. The number of hydrogen-bond acceptors (Lipinski definition) is 2. The third-order valence-electron chi connectivity index (χ3n) is 2.86. The van der Waals surface area contributed by atoms with Gasteiger partial charge >= 0.3 is 5.97 Å². The van der Waals surface area contributed by atoms with Crippen LogP contribution in [0.4, 0.5) is 0 Å². The van der Waals surface area contributed by atoms with E-state index in [1.165, 1.54) is 22.9 Å². The second kappa shape index (κ2) is 6.45. The third kappa shape index (κ3) is 3.50. The molecule has 18 heavy (non-hydrogen) atoms. The van der Waals surface area contributed by atoms with Gasteiger partial charge in [-0.2, -0.15) is 0 Å². The molecule has 0 amide bonds. The monoisotopic (exact) mass is 260 g/mol. The summed E-state index contributed by atoms with van der Waals surface area (Å²) in [5.41, 5.74) is 2.50. The van der Waals surface area contributed by atoms with Crippen molar-refractivity contribution in [3.63, 3.8) is 0 Å². The molecule has 1 aromatic rings. The van der Waals surface area contributed by atoms with Gasteiger partial charge in [0.2, 0.25) is 0 Å². The first-order chi connectivity index (χ1) is 8.77. The molecule has 1 atom stereocenters. The van der Waals surface area contributed by atoms with E-state index >= 15 is 0 Å². The number of aliphatic carboxylic acids is 1. The summed E-state index contributed by atoms with van der Waals surface area (Å²) in [7, 11) is 0. The molecule has 0 heterocycles. The maximum absolute atomic E-state index is 10.8. The molecule has 0 aliphatic heterocycles. The van der Waals surface area contributed by atoms with Gasteiger partial charge in [0, 0.05) is 0 Å². The van der Waals surface area contributed by atoms with Crippen LogP contribution in [0.25, 0.3) is 0 Å². The molecule has 1 aliphatic carbocycles. The molecule has 0 saturated heterocycles. The lowest BCUT2D eigenvalue weighted by Gasteiger charge is -2.21. The molecule has 3 heteroatoms. The Morgan fingerprint density at radius 3 is 2.72 bits per heavy atom. The molecule has 94 valence electrons. The number of benzene rings is 1. The van der Waals surface area contributed by atoms with Crippen LogP contribution < -0.4 is 0 Å². The van der Waals surface area contributed by atoms with E-state index in [-0.39, 0.29) is 11.0 Å². The van der Waals surface area contributed by atoms with Crippen LogP contribution in [0.5, 0.6) is 0 Å². The van der Waals surface area contributed by atoms with Crippen molar-refractivity contribution in [1.82, 2.24) is 0 Å². The van der Waals surface area contributed by atoms with Gasteiger partial charge in [-0.15, -0.1) is 11.8 Å². The number of hydrogen-bond donors (Lipinski definition) is 1. The fourth-order valence-electron chi connectivity index (χ4n) is 2.04. The Morgan fingerprint density at radius 1 is 1.33 bits per heavy atom. The minimum atomic E-state index is -0.757. The van der Waals surface area contributed by atoms with Crippen LogP contribution in [0.3, 0.4) is 0 Å². The van der Waals surface area contributed by atoms with Gasteiger partial charge in [-0.05, 0) is 18.4 Å². The van der Waals surface area contributed by atoms with Gasteiger partial charge in [-0.3, -0.25) is 4.79 Å². The number of carboxylic acid groups (broad SMARTS) is 1. The number of allylic oxidation sites excluding steroid dienone is 3. The molecule has 1 aliphatic rings. The van der Waals surface area contributed by atoms with E-state index in [0.29, 0.717) is 0 Å². The summed E-state index contributed by atoms with van der Waals surface area (Å²) < 4.78 is 0. The molecule has 0 fully saturated rings. The van der Waals surface area contributed by atoms with Gasteiger partial charge in [0.1, 0.15) is 0 Å². The van der Waals surface area contributed by atoms with Crippen molar-refractivity contribution in [2.45, 2.75) is 18.1 Å². The van der Waals surface area contributed by atoms with Crippen LogP contribution in [-0.4, -0.2) is 16.8 Å². The summed E-state index contributed by atoms with van der Waals surface area (Å²) in [5.74, 6) is -0.617. The Morgan fingerprint density at radius 2 is 2.11 bits per heavy atom. The van der Waals surface area contributed by atoms with Gasteiger partial charge in [-0.25, -0.2) is 0 Å². The van der Waals surface area contributed by atoms with Crippen LogP contribution in [0.15, 0.2) is 54.1 Å². The first kappa shape index (κ1) is 13.0. The standard InChI is InChI=1S/C15H16O2S/c16-14(17)11-18-15(12-7-3-1-4-8-12)13-9-5-2-6-10-13/h1-5,7-9,15H,6,10-11H2,(H,16,17). The van der Waals surface area contributed by atoms with Crippen LogP contribution in [-0.2, 0) is 4.79 Å². The van der Waals surface area contributed by atoms with Gasteiger partial charge in [0.25, 0.3) is 0 Å². The summed E-state index contributed by atoms with van der Waals surface area (Å²) in [5, 5.41) is 9.01. The largest absolute Gasteiger partial charge is 0.481 e. The highest BCUT2D eigenvalue weighted by Crippen LogP contribution is 2.38. The number of thioether (sulfide) groups is 1. The molecular weight excluding hydrogens is 244 g/mol. The maximum atomic E-state index is 10.8. The van der Waals surface area contributed by atoms with Crippen molar-refractivity contribution in [2.75, 3.05) is 5.75 Å². The first-order valence-corrected chi connectivity index (χ1v) is 7.06. The number of rotatable bonds is 5. The quantitative estimate of drug-likeness (QED) is 0.874. The van der Waals surface area contributed by atoms with Gasteiger partial charge < -0.3 is 5.11 Å². The third-order valence-corrected chi connectivity index (χ3v) is 4.18. The summed E-state index contributed by atoms with van der Waals surface area (Å²) in [4.78, 5) is 10.8. The van der Waals surface area contributed by atoms with Crippen molar-refractivity contribution >= 4 is 17.7 Å². The zero-order chi connectivity index (χ0) is 12.8. The van der Waals surface area contributed by atoms with Crippen molar-refractivity contribution < 1.29 is 9.90 Å². The highest BCUT2D eigenvalue weighted by atomic mass is 32.2. The molecule has 0 saturated carbocycles. The molecule has 2 rings (SSSR count). The summed E-state index contributed by atoms with van der Waals surface area (Å²) in [6.07, 6.45) is 8.39. The molecule has 0 radical (unpaired) electrons. The van der Waals surface area contributed by atoms with E-state index in [2.05, 4.69) is 30.4 Å². The summed E-state index contributed by atoms with van der Waals surface area (Å²) in [6.45, 7) is 0. The van der Waals surface area contributed by atoms with E-state index in [9.17, 15) is 4.79 Å². The molecule has 0 bridgehead atoms. The second-order valence-electron chi connectivity index (χ2n) is 4.20. The Balaban J connectivity index is 2.20. The lowest BCUT2D eigenvalue weighted by atomic mass is 9.97. The smallest absolute Gasteiger partial charge is 0.313 e. The predicted octanol–water partition coefficient (Wildman–Crippen LogP) is 3.82. The van der Waals surface area contributed by atoms with Crippen molar-refractivity contribution in [3.8, 4) is 0 Å². The Hall–Kier alpha value is -1.48. The normalized spacial score (nSPS) is 16.1. The predicted molar refractivity (Wildman–Crippen MR) is 75.7 cm³/mol. The van der Waals surface area contributed by atoms with E-state index in [0.717, 1.165) is 12.8 Å². The molecular formula is C15H16O2S. The highest BCUT2D eigenvalue weighted by molar-refractivity contribution is 8.00. The van der Waals surface area contributed by atoms with Crippen molar-refractivity contribution in [3.05, 3.63) is 59.7 Å². The molecule has 1 aromatic carbocycles. The SMILES string of the molecule is O=C(O)CSC(C1=CC=CCC1)c1ccccc1. The zero-order valence-electron chi connectivity index (χ0n) is 10.1. The Kier molecular flexibility index (Phi) is 4.65. The summed E-state index contributed by atoms with van der Waals surface area (Å²) >= 11 is 1.49. The lowest BCUT2D eigenvalue weighted by Crippen LogP contribution is -2.06. The van der Waals surface area contributed by atoms with Crippen molar-refractivity contribution in [2.24, 2.45) is 0 Å². The molecule has 1 unspecified atom stereocenters. The van der Waals surface area contributed by atoms with Gasteiger partial charge in [-0.1, -0.05) is 54.1 Å². The topological polar surface area (TPSA) is 37.3 Å². The molecule has 2 nitrogen and oxygen atoms in total. The highest BCUT2D eigenvalue weighted by Gasteiger charge is 2.18. The first-order valence-electron chi connectivity index (χ1n) is 6.01. The molecule has 1 N–H and O–H groups in total. The van der Waals surface area contributed by atoms with Crippen LogP contribution in [0.2, 0.25) is 0 Å². The Bertz CT molecular complexity index is 463. The van der Waals surface area contributed by atoms with E-state index < -0.39 is 5.97 Å². The average molecular weight is 260 g/mol. The van der Waals surface area contributed by atoms with Gasteiger partial charge in [0.05, 0.1) is 11.0 Å².